The van der Waals surface area contributed by atoms with E-state index in [-0.39, 0.29) is 6.04 Å². The van der Waals surface area contributed by atoms with Gasteiger partial charge in [-0.2, -0.15) is 0 Å². The summed E-state index contributed by atoms with van der Waals surface area (Å²) in [4.78, 5) is 4.15. The largest absolute Gasteiger partial charge is 0.419 e. The number of hydrogen-bond donors (Lipinski definition) is 2. The highest BCUT2D eigenvalue weighted by Crippen LogP contribution is 2.25. The number of hydrogen-bond acceptors (Lipinski definition) is 4. The molecule has 2 heterocycles. The minimum Gasteiger partial charge on any atom is -0.419 e. The van der Waals surface area contributed by atoms with Gasteiger partial charge in [0.25, 0.3) is 0 Å². The van der Waals surface area contributed by atoms with Crippen LogP contribution in [0.3, 0.4) is 0 Å². The quantitative estimate of drug-likeness (QED) is 0.825. The average Bonchev–Trinajstić information content (AvgIpc) is 2.64. The van der Waals surface area contributed by atoms with Gasteiger partial charge in [-0.25, -0.2) is 4.98 Å². The molecule has 0 spiro atoms. The van der Waals surface area contributed by atoms with E-state index in [1.165, 1.54) is 0 Å². The third kappa shape index (κ3) is 2.20. The predicted octanol–water partition coefficient (Wildman–Crippen LogP) is 1.93. The smallest absolute Gasteiger partial charge is 0.240 e. The van der Waals surface area contributed by atoms with Crippen molar-refractivity contribution in [1.29, 1.82) is 0 Å². The van der Waals surface area contributed by atoms with Gasteiger partial charge in [0.05, 0.1) is 0 Å². The number of rotatable bonds is 3. The zero-order chi connectivity index (χ0) is 11.5. The van der Waals surface area contributed by atoms with Gasteiger partial charge >= 0.3 is 0 Å². The fraction of sp³-hybridized carbons (Fsp3) is 0.273. The first-order valence-electron chi connectivity index (χ1n) is 5.07. The summed E-state index contributed by atoms with van der Waals surface area (Å²) in [7, 11) is 0. The molecule has 5 heteroatoms. The number of pyridine rings is 1. The van der Waals surface area contributed by atoms with Gasteiger partial charge in [-0.15, -0.1) is 5.10 Å². The van der Waals surface area contributed by atoms with Crippen molar-refractivity contribution in [1.82, 2.24) is 15.2 Å². The van der Waals surface area contributed by atoms with Crippen LogP contribution in [0.4, 0.5) is 0 Å². The fourth-order valence-electron chi connectivity index (χ4n) is 1.38. The molecule has 84 valence electrons. The highest BCUT2D eigenvalue weighted by molar-refractivity contribution is 5.31. The molecule has 16 heavy (non-hydrogen) atoms. The van der Waals surface area contributed by atoms with Crippen molar-refractivity contribution >= 4 is 0 Å². The number of nitrogens with two attached hydrogens (primary N) is 1. The Morgan fingerprint density at radius 3 is 2.94 bits per heavy atom. The van der Waals surface area contributed by atoms with Crippen LogP contribution in [-0.2, 0) is 0 Å². The van der Waals surface area contributed by atoms with Crippen LogP contribution >= 0.6 is 0 Å². The third-order valence-electron chi connectivity index (χ3n) is 2.17. The summed E-state index contributed by atoms with van der Waals surface area (Å²) >= 11 is 0. The molecular weight excluding hydrogens is 204 g/mol. The van der Waals surface area contributed by atoms with Crippen molar-refractivity contribution < 1.29 is 4.74 Å². The Hall–Kier alpha value is -1.88. The molecule has 0 aliphatic carbocycles. The number of ether oxygens (including phenoxy) is 1. The van der Waals surface area contributed by atoms with Crippen LogP contribution in [0, 0.1) is 6.92 Å². The molecule has 0 radical (unpaired) electrons. The van der Waals surface area contributed by atoms with E-state index in [2.05, 4.69) is 15.2 Å². The third-order valence-corrected chi connectivity index (χ3v) is 2.17. The summed E-state index contributed by atoms with van der Waals surface area (Å²) in [5.41, 5.74) is 7.63. The number of nitrogens with one attached hydrogen (secondary N) is 1. The van der Waals surface area contributed by atoms with Gasteiger partial charge in [-0.1, -0.05) is 6.07 Å². The van der Waals surface area contributed by atoms with Crippen LogP contribution in [0.2, 0.25) is 0 Å². The van der Waals surface area contributed by atoms with E-state index in [0.717, 1.165) is 11.3 Å². The summed E-state index contributed by atoms with van der Waals surface area (Å²) in [5, 5.41) is 6.79. The maximum Gasteiger partial charge on any atom is 0.240 e. The molecule has 0 saturated carbocycles. The average molecular weight is 218 g/mol. The Balaban J connectivity index is 2.27. The second-order valence-electron chi connectivity index (χ2n) is 3.68. The molecule has 0 aromatic carbocycles. The van der Waals surface area contributed by atoms with Gasteiger partial charge in [0.15, 0.2) is 0 Å². The Morgan fingerprint density at radius 2 is 2.31 bits per heavy atom. The van der Waals surface area contributed by atoms with Gasteiger partial charge in [-0.05, 0) is 19.9 Å². The molecule has 1 atom stereocenters. The minimum atomic E-state index is -0.122. The van der Waals surface area contributed by atoms with E-state index < -0.39 is 0 Å². The number of aryl methyl sites for hydroxylation is 1. The van der Waals surface area contributed by atoms with Gasteiger partial charge in [0, 0.05) is 29.6 Å². The predicted molar refractivity (Wildman–Crippen MR) is 60.2 cm³/mol. The van der Waals surface area contributed by atoms with Crippen LogP contribution in [-0.4, -0.2) is 15.2 Å². The lowest BCUT2D eigenvalue weighted by Crippen LogP contribution is -2.07. The number of aromatic nitrogens is 3. The van der Waals surface area contributed by atoms with Gasteiger partial charge in [0.2, 0.25) is 11.8 Å². The first-order valence-corrected chi connectivity index (χ1v) is 5.07. The first-order chi connectivity index (χ1) is 7.66. The molecule has 2 aromatic rings. The minimum absolute atomic E-state index is 0.122. The SMILES string of the molecule is Cc1cc(Oc2ncccc2[C@H](C)N)n[nH]1. The number of aromatic amines is 1. The zero-order valence-corrected chi connectivity index (χ0v) is 9.27. The van der Waals surface area contributed by atoms with E-state index >= 15 is 0 Å². The van der Waals surface area contributed by atoms with Crippen molar-refractivity contribution in [2.24, 2.45) is 5.73 Å². The van der Waals surface area contributed by atoms with Crippen LogP contribution in [0.15, 0.2) is 24.4 Å². The molecule has 0 saturated heterocycles. The second kappa shape index (κ2) is 4.32. The Labute approximate surface area is 93.7 Å². The van der Waals surface area contributed by atoms with Crippen LogP contribution in [0.25, 0.3) is 0 Å². The molecule has 0 bridgehead atoms. The molecule has 2 rings (SSSR count). The molecule has 0 fully saturated rings. The van der Waals surface area contributed by atoms with Gasteiger partial charge in [-0.3, -0.25) is 5.10 Å². The van der Waals surface area contributed by atoms with Crippen LogP contribution < -0.4 is 10.5 Å². The molecular formula is C11H14N4O. The van der Waals surface area contributed by atoms with Crippen LogP contribution in [0.5, 0.6) is 11.8 Å². The van der Waals surface area contributed by atoms with Crippen molar-refractivity contribution in [3.63, 3.8) is 0 Å². The molecule has 0 aliphatic heterocycles. The van der Waals surface area contributed by atoms with Crippen LogP contribution in [0.1, 0.15) is 24.2 Å². The normalized spacial score (nSPS) is 12.4. The Bertz CT molecular complexity index is 478. The van der Waals surface area contributed by atoms with Crippen molar-refractivity contribution in [3.05, 3.63) is 35.7 Å². The molecule has 3 N–H and O–H groups in total. The lowest BCUT2D eigenvalue weighted by molar-refractivity contribution is 0.434. The van der Waals surface area contributed by atoms with E-state index in [1.807, 2.05) is 26.0 Å². The summed E-state index contributed by atoms with van der Waals surface area (Å²) in [6, 6.07) is 5.41. The van der Waals surface area contributed by atoms with Gasteiger partial charge in [0.1, 0.15) is 0 Å². The van der Waals surface area contributed by atoms with E-state index in [9.17, 15) is 0 Å². The molecule has 0 amide bonds. The molecule has 5 nitrogen and oxygen atoms in total. The van der Waals surface area contributed by atoms with E-state index in [1.54, 1.807) is 12.3 Å². The fourth-order valence-corrected chi connectivity index (χ4v) is 1.38. The summed E-state index contributed by atoms with van der Waals surface area (Å²) in [6.45, 7) is 3.80. The van der Waals surface area contributed by atoms with Crippen molar-refractivity contribution in [2.75, 3.05) is 0 Å². The first kappa shape index (κ1) is 10.6. The highest BCUT2D eigenvalue weighted by Gasteiger charge is 2.10. The van der Waals surface area contributed by atoms with Crippen molar-refractivity contribution in [3.8, 4) is 11.8 Å². The monoisotopic (exact) mass is 218 g/mol. The standard InChI is InChI=1S/C11H14N4O/c1-7-6-10(15-14-7)16-11-9(8(2)12)4-3-5-13-11/h3-6,8H,12H2,1-2H3,(H,14,15)/t8-/m0/s1. The topological polar surface area (TPSA) is 76.8 Å². The summed E-state index contributed by atoms with van der Waals surface area (Å²) < 4.78 is 5.56. The zero-order valence-electron chi connectivity index (χ0n) is 9.27. The highest BCUT2D eigenvalue weighted by atomic mass is 16.5. The summed E-state index contributed by atoms with van der Waals surface area (Å²) in [6.07, 6.45) is 1.67. The lowest BCUT2D eigenvalue weighted by Gasteiger charge is -2.10. The second-order valence-corrected chi connectivity index (χ2v) is 3.68. The lowest BCUT2D eigenvalue weighted by atomic mass is 10.1. The number of nitrogens with zero attached hydrogens (tertiary/aromatic N) is 2. The molecule has 0 aliphatic rings. The number of H-pyrrole nitrogens is 1. The van der Waals surface area contributed by atoms with Gasteiger partial charge < -0.3 is 10.5 Å². The maximum absolute atomic E-state index is 5.83. The Kier molecular flexibility index (Phi) is 2.87. The summed E-state index contributed by atoms with van der Waals surface area (Å²) in [5.74, 6) is 1.00. The molecule has 0 unspecified atom stereocenters. The van der Waals surface area contributed by atoms with Crippen molar-refractivity contribution in [2.45, 2.75) is 19.9 Å². The Morgan fingerprint density at radius 1 is 1.50 bits per heavy atom. The maximum atomic E-state index is 5.83. The molecule has 2 aromatic heterocycles. The van der Waals surface area contributed by atoms with E-state index in [4.69, 9.17) is 10.5 Å². The van der Waals surface area contributed by atoms with E-state index in [0.29, 0.717) is 11.8 Å².